The SMILES string of the molecule is COCc1cccc(C(=O)Nc2ccccc2N2CCCCC2)c1. The highest BCUT2D eigenvalue weighted by molar-refractivity contribution is 6.06. The number of ether oxygens (including phenoxy) is 1. The van der Waals surface area contributed by atoms with E-state index in [2.05, 4.69) is 16.3 Å². The molecule has 1 aliphatic heterocycles. The maximum atomic E-state index is 12.6. The summed E-state index contributed by atoms with van der Waals surface area (Å²) < 4.78 is 5.14. The van der Waals surface area contributed by atoms with Crippen molar-refractivity contribution < 1.29 is 9.53 Å². The first-order chi connectivity index (χ1) is 11.8. The van der Waals surface area contributed by atoms with Crippen LogP contribution in [0.3, 0.4) is 0 Å². The van der Waals surface area contributed by atoms with Crippen molar-refractivity contribution in [2.24, 2.45) is 0 Å². The quantitative estimate of drug-likeness (QED) is 0.901. The smallest absolute Gasteiger partial charge is 0.255 e. The van der Waals surface area contributed by atoms with E-state index in [-0.39, 0.29) is 5.91 Å². The number of rotatable bonds is 5. The van der Waals surface area contributed by atoms with Crippen molar-refractivity contribution >= 4 is 17.3 Å². The summed E-state index contributed by atoms with van der Waals surface area (Å²) in [6.45, 7) is 2.61. The van der Waals surface area contributed by atoms with Gasteiger partial charge in [0.15, 0.2) is 0 Å². The number of hydrogen-bond acceptors (Lipinski definition) is 3. The molecular weight excluding hydrogens is 300 g/mol. The van der Waals surface area contributed by atoms with Gasteiger partial charge in [-0.1, -0.05) is 24.3 Å². The van der Waals surface area contributed by atoms with Crippen molar-refractivity contribution in [1.82, 2.24) is 0 Å². The van der Waals surface area contributed by atoms with E-state index in [1.807, 2.05) is 42.5 Å². The number of nitrogens with zero attached hydrogens (tertiary/aromatic N) is 1. The average Bonchev–Trinajstić information content (AvgIpc) is 2.63. The van der Waals surface area contributed by atoms with Gasteiger partial charge in [-0.3, -0.25) is 4.79 Å². The van der Waals surface area contributed by atoms with Gasteiger partial charge in [0.1, 0.15) is 0 Å². The molecule has 0 radical (unpaired) electrons. The molecule has 0 spiro atoms. The van der Waals surface area contributed by atoms with Gasteiger partial charge in [0.2, 0.25) is 0 Å². The van der Waals surface area contributed by atoms with Gasteiger partial charge in [-0.25, -0.2) is 0 Å². The highest BCUT2D eigenvalue weighted by atomic mass is 16.5. The van der Waals surface area contributed by atoms with Crippen molar-refractivity contribution in [3.8, 4) is 0 Å². The maximum absolute atomic E-state index is 12.6. The number of methoxy groups -OCH3 is 1. The molecule has 3 rings (SSSR count). The molecule has 1 amide bonds. The third-order valence-corrected chi connectivity index (χ3v) is 4.35. The highest BCUT2D eigenvalue weighted by Crippen LogP contribution is 2.28. The lowest BCUT2D eigenvalue weighted by molar-refractivity contribution is 0.102. The molecule has 0 aliphatic carbocycles. The van der Waals surface area contributed by atoms with E-state index in [0.29, 0.717) is 12.2 Å². The first-order valence-electron chi connectivity index (χ1n) is 8.51. The zero-order valence-electron chi connectivity index (χ0n) is 14.1. The van der Waals surface area contributed by atoms with Crippen LogP contribution in [0.1, 0.15) is 35.2 Å². The fourth-order valence-electron chi connectivity index (χ4n) is 3.15. The molecule has 24 heavy (non-hydrogen) atoms. The summed E-state index contributed by atoms with van der Waals surface area (Å²) in [6, 6.07) is 15.6. The fraction of sp³-hybridized carbons (Fsp3) is 0.350. The van der Waals surface area contributed by atoms with Crippen LogP contribution >= 0.6 is 0 Å². The van der Waals surface area contributed by atoms with Crippen molar-refractivity contribution in [3.05, 3.63) is 59.7 Å². The number of piperidine rings is 1. The summed E-state index contributed by atoms with van der Waals surface area (Å²) in [7, 11) is 1.65. The predicted octanol–water partition coefficient (Wildman–Crippen LogP) is 4.08. The second kappa shape index (κ2) is 7.97. The lowest BCUT2D eigenvalue weighted by Crippen LogP contribution is -2.30. The van der Waals surface area contributed by atoms with Gasteiger partial charge in [0.05, 0.1) is 18.0 Å². The molecule has 0 saturated carbocycles. The third kappa shape index (κ3) is 3.95. The van der Waals surface area contributed by atoms with Gasteiger partial charge >= 0.3 is 0 Å². The molecule has 0 bridgehead atoms. The average molecular weight is 324 g/mol. The first-order valence-corrected chi connectivity index (χ1v) is 8.51. The molecule has 1 fully saturated rings. The first kappa shape index (κ1) is 16.5. The molecule has 0 unspecified atom stereocenters. The summed E-state index contributed by atoms with van der Waals surface area (Å²) in [6.07, 6.45) is 3.71. The Labute approximate surface area is 143 Å². The Morgan fingerprint density at radius 2 is 1.88 bits per heavy atom. The van der Waals surface area contributed by atoms with E-state index in [1.165, 1.54) is 19.3 Å². The minimum atomic E-state index is -0.0857. The van der Waals surface area contributed by atoms with Crippen LogP contribution in [0.4, 0.5) is 11.4 Å². The number of amides is 1. The Morgan fingerprint density at radius 3 is 2.67 bits per heavy atom. The number of para-hydroxylation sites is 2. The Morgan fingerprint density at radius 1 is 1.08 bits per heavy atom. The zero-order valence-corrected chi connectivity index (χ0v) is 14.1. The second-order valence-corrected chi connectivity index (χ2v) is 6.15. The molecule has 4 heteroatoms. The second-order valence-electron chi connectivity index (χ2n) is 6.15. The molecule has 0 aromatic heterocycles. The number of benzene rings is 2. The van der Waals surface area contributed by atoms with E-state index >= 15 is 0 Å². The summed E-state index contributed by atoms with van der Waals surface area (Å²) in [5.41, 5.74) is 3.63. The molecule has 1 heterocycles. The third-order valence-electron chi connectivity index (χ3n) is 4.35. The van der Waals surface area contributed by atoms with Crippen LogP contribution in [0.15, 0.2) is 48.5 Å². The topological polar surface area (TPSA) is 41.6 Å². The number of nitrogens with one attached hydrogen (secondary N) is 1. The maximum Gasteiger partial charge on any atom is 0.255 e. The Hall–Kier alpha value is -2.33. The molecule has 1 N–H and O–H groups in total. The van der Waals surface area contributed by atoms with Gasteiger partial charge < -0.3 is 15.0 Å². The van der Waals surface area contributed by atoms with E-state index < -0.39 is 0 Å². The largest absolute Gasteiger partial charge is 0.380 e. The number of carbonyl (C=O) groups excluding carboxylic acids is 1. The Balaban J connectivity index is 1.78. The summed E-state index contributed by atoms with van der Waals surface area (Å²) in [4.78, 5) is 15.0. The van der Waals surface area contributed by atoms with Crippen molar-refractivity contribution in [2.75, 3.05) is 30.4 Å². The Kier molecular flexibility index (Phi) is 5.49. The molecular formula is C20H24N2O2. The van der Waals surface area contributed by atoms with Crippen molar-refractivity contribution in [3.63, 3.8) is 0 Å². The number of hydrogen-bond donors (Lipinski definition) is 1. The van der Waals surface area contributed by atoms with Crippen LogP contribution in [-0.4, -0.2) is 26.1 Å². The number of carbonyl (C=O) groups is 1. The molecule has 126 valence electrons. The molecule has 2 aromatic carbocycles. The van der Waals surface area contributed by atoms with Crippen LogP contribution in [-0.2, 0) is 11.3 Å². The van der Waals surface area contributed by atoms with Gasteiger partial charge in [0.25, 0.3) is 5.91 Å². The highest BCUT2D eigenvalue weighted by Gasteiger charge is 2.16. The standard InChI is InChI=1S/C20H24N2O2/c1-24-15-16-8-7-9-17(14-16)20(23)21-18-10-3-4-11-19(18)22-12-5-2-6-13-22/h3-4,7-11,14H,2,5-6,12-13,15H2,1H3,(H,21,23). The minimum absolute atomic E-state index is 0.0857. The van der Waals surface area contributed by atoms with Gasteiger partial charge in [-0.15, -0.1) is 0 Å². The van der Waals surface area contributed by atoms with E-state index in [0.717, 1.165) is 30.0 Å². The van der Waals surface area contributed by atoms with E-state index in [4.69, 9.17) is 4.74 Å². The van der Waals surface area contributed by atoms with Crippen LogP contribution < -0.4 is 10.2 Å². The van der Waals surface area contributed by atoms with Gasteiger partial charge in [-0.2, -0.15) is 0 Å². The molecule has 2 aromatic rings. The molecule has 0 atom stereocenters. The van der Waals surface area contributed by atoms with Crippen LogP contribution in [0, 0.1) is 0 Å². The monoisotopic (exact) mass is 324 g/mol. The lowest BCUT2D eigenvalue weighted by atomic mass is 10.1. The fourth-order valence-corrected chi connectivity index (χ4v) is 3.15. The Bertz CT molecular complexity index is 694. The molecule has 1 aliphatic rings. The van der Waals surface area contributed by atoms with Crippen LogP contribution in [0.25, 0.3) is 0 Å². The molecule has 4 nitrogen and oxygen atoms in total. The van der Waals surface area contributed by atoms with Gasteiger partial charge in [-0.05, 0) is 49.1 Å². The minimum Gasteiger partial charge on any atom is -0.380 e. The zero-order chi connectivity index (χ0) is 16.8. The van der Waals surface area contributed by atoms with Crippen LogP contribution in [0.5, 0.6) is 0 Å². The number of anilines is 2. The van der Waals surface area contributed by atoms with Gasteiger partial charge in [0, 0.05) is 25.8 Å². The van der Waals surface area contributed by atoms with E-state index in [9.17, 15) is 4.79 Å². The normalized spacial score (nSPS) is 14.5. The lowest BCUT2D eigenvalue weighted by Gasteiger charge is -2.30. The van der Waals surface area contributed by atoms with E-state index in [1.54, 1.807) is 7.11 Å². The van der Waals surface area contributed by atoms with Crippen molar-refractivity contribution in [1.29, 1.82) is 0 Å². The predicted molar refractivity (Wildman–Crippen MR) is 97.6 cm³/mol. The van der Waals surface area contributed by atoms with Crippen LogP contribution in [0.2, 0.25) is 0 Å². The molecule has 1 saturated heterocycles. The summed E-state index contributed by atoms with van der Waals surface area (Å²) in [5.74, 6) is -0.0857. The summed E-state index contributed by atoms with van der Waals surface area (Å²) in [5, 5.41) is 3.07. The summed E-state index contributed by atoms with van der Waals surface area (Å²) >= 11 is 0. The van der Waals surface area contributed by atoms with Crippen molar-refractivity contribution in [2.45, 2.75) is 25.9 Å².